The lowest BCUT2D eigenvalue weighted by Crippen LogP contribution is -2.73. The van der Waals surface area contributed by atoms with Crippen molar-refractivity contribution in [1.82, 2.24) is 4.90 Å². The molecule has 2 fully saturated rings. The number of hydrogen-bond acceptors (Lipinski definition) is 11. The molecular formula is C34H39NO11Si. The molecule has 1 aliphatic carbocycles. The molecule has 4 aliphatic heterocycles. The van der Waals surface area contributed by atoms with Gasteiger partial charge < -0.3 is 38.1 Å². The van der Waals surface area contributed by atoms with E-state index in [1.165, 1.54) is 18.1 Å². The highest BCUT2D eigenvalue weighted by atomic mass is 28.4. The molecule has 13 heteroatoms. The predicted octanol–water partition coefficient (Wildman–Crippen LogP) is 4.40. The van der Waals surface area contributed by atoms with Crippen molar-refractivity contribution < 1.29 is 52.4 Å². The molecule has 0 unspecified atom stereocenters. The van der Waals surface area contributed by atoms with Gasteiger partial charge in [0.1, 0.15) is 17.9 Å². The van der Waals surface area contributed by atoms with Gasteiger partial charge in [0.2, 0.25) is 23.0 Å². The molecule has 0 bridgehead atoms. The van der Waals surface area contributed by atoms with Gasteiger partial charge in [0.15, 0.2) is 6.29 Å². The number of aromatic hydroxyl groups is 1. The first-order chi connectivity index (χ1) is 21.9. The molecule has 12 nitrogen and oxygen atoms in total. The van der Waals surface area contributed by atoms with Gasteiger partial charge in [-0.25, -0.2) is 0 Å². The summed E-state index contributed by atoms with van der Waals surface area (Å²) in [4.78, 5) is 57.9. The molecule has 2 aromatic carbocycles. The van der Waals surface area contributed by atoms with Crippen molar-refractivity contribution >= 4 is 42.5 Å². The van der Waals surface area contributed by atoms with Crippen LogP contribution in [0.25, 0.3) is 10.8 Å². The molecular weight excluding hydrogens is 626 g/mol. The summed E-state index contributed by atoms with van der Waals surface area (Å²) in [6, 6.07) is 3.16. The number of fused-ring (bicyclic) bond motifs is 4. The largest absolute Gasteiger partial charge is 0.543 e. The lowest BCUT2D eigenvalue weighted by atomic mass is 9.65. The van der Waals surface area contributed by atoms with Crippen molar-refractivity contribution in [2.45, 2.75) is 94.6 Å². The van der Waals surface area contributed by atoms with E-state index >= 15 is 0 Å². The number of nitrogens with zero attached hydrogens (tertiary/aromatic N) is 1. The smallest absolute Gasteiger partial charge is 0.312 e. The normalized spacial score (nSPS) is 31.6. The van der Waals surface area contributed by atoms with Gasteiger partial charge in [-0.15, -0.1) is 0 Å². The van der Waals surface area contributed by atoms with E-state index in [-0.39, 0.29) is 46.5 Å². The minimum atomic E-state index is -2.46. The first kappa shape index (κ1) is 31.9. The van der Waals surface area contributed by atoms with E-state index in [0.29, 0.717) is 22.3 Å². The SMILES string of the molecule is CO[C@]12CC(=O)O[C@]13C(=O)c1c(cc4cc(O[Si](C)(C)C(C)(C)C)c5c(c4c1O)CN(C)C5=O)C(=O)[C@]3(O[C@@H]1CC=C[C@H](C)O1)CO2. The minimum Gasteiger partial charge on any atom is -0.543 e. The van der Waals surface area contributed by atoms with Gasteiger partial charge >= 0.3 is 5.97 Å². The van der Waals surface area contributed by atoms with Crippen LogP contribution in [0.1, 0.15) is 77.2 Å². The predicted molar refractivity (Wildman–Crippen MR) is 169 cm³/mol. The molecule has 7 rings (SSSR count). The Balaban J connectivity index is 1.49. The first-order valence-electron chi connectivity index (χ1n) is 15.7. The van der Waals surface area contributed by atoms with Crippen LogP contribution in [0.2, 0.25) is 18.1 Å². The van der Waals surface area contributed by atoms with Crippen LogP contribution in [0.15, 0.2) is 24.3 Å². The summed E-state index contributed by atoms with van der Waals surface area (Å²) < 4.78 is 36.7. The van der Waals surface area contributed by atoms with E-state index in [1.54, 1.807) is 20.0 Å². The van der Waals surface area contributed by atoms with E-state index in [9.17, 15) is 24.3 Å². The fraction of sp³-hybridized carbons (Fsp3) is 0.529. The van der Waals surface area contributed by atoms with Gasteiger partial charge in [-0.05, 0) is 48.1 Å². The number of hydrogen-bond donors (Lipinski definition) is 1. The van der Waals surface area contributed by atoms with Crippen LogP contribution in [0.5, 0.6) is 11.5 Å². The Kier molecular flexibility index (Phi) is 6.77. The molecule has 0 radical (unpaired) electrons. The van der Waals surface area contributed by atoms with Crippen LogP contribution in [0.4, 0.5) is 0 Å². The summed E-state index contributed by atoms with van der Waals surface area (Å²) in [5.74, 6) is -4.92. The van der Waals surface area contributed by atoms with Crippen molar-refractivity contribution in [3.63, 3.8) is 0 Å². The number of carbonyl (C=O) groups is 4. The van der Waals surface area contributed by atoms with Crippen molar-refractivity contribution in [3.8, 4) is 11.5 Å². The van der Waals surface area contributed by atoms with Crippen LogP contribution in [0.3, 0.4) is 0 Å². The number of rotatable bonds is 5. The van der Waals surface area contributed by atoms with Crippen molar-refractivity contribution in [2.24, 2.45) is 0 Å². The number of Topliss-reactive ketones (excluding diaryl/α,β-unsaturated/α-hetero) is 2. The molecule has 2 saturated heterocycles. The van der Waals surface area contributed by atoms with Gasteiger partial charge in [0.25, 0.3) is 19.8 Å². The maximum atomic E-state index is 14.9. The fourth-order valence-electron chi connectivity index (χ4n) is 7.37. The molecule has 1 spiro atoms. The topological polar surface area (TPSA) is 147 Å². The van der Waals surface area contributed by atoms with Gasteiger partial charge in [-0.3, -0.25) is 19.2 Å². The molecule has 0 aromatic heterocycles. The van der Waals surface area contributed by atoms with E-state index in [0.717, 1.165) is 0 Å². The average molecular weight is 666 g/mol. The number of ether oxygens (including phenoxy) is 5. The summed E-state index contributed by atoms with van der Waals surface area (Å²) in [7, 11) is 0.438. The third-order valence-corrected chi connectivity index (χ3v) is 15.1. The van der Waals surface area contributed by atoms with Gasteiger partial charge in [0.05, 0.1) is 23.8 Å². The van der Waals surface area contributed by atoms with Gasteiger partial charge in [-0.1, -0.05) is 32.9 Å². The Morgan fingerprint density at radius 2 is 1.81 bits per heavy atom. The first-order valence-corrected chi connectivity index (χ1v) is 18.6. The zero-order chi connectivity index (χ0) is 34.1. The summed E-state index contributed by atoms with van der Waals surface area (Å²) >= 11 is 0. The van der Waals surface area contributed by atoms with E-state index in [4.69, 9.17) is 28.1 Å². The van der Waals surface area contributed by atoms with Crippen LogP contribution in [-0.4, -0.2) is 91.9 Å². The fourth-order valence-corrected chi connectivity index (χ4v) is 8.38. The summed E-state index contributed by atoms with van der Waals surface area (Å²) in [6.45, 7) is 11.8. The Bertz CT molecular complexity index is 1830. The molecule has 47 heavy (non-hydrogen) atoms. The lowest BCUT2D eigenvalue weighted by Gasteiger charge is -2.47. The minimum absolute atomic E-state index is 0.136. The number of esters is 1. The maximum absolute atomic E-state index is 14.9. The number of ketones is 2. The quantitative estimate of drug-likeness (QED) is 0.275. The van der Waals surface area contributed by atoms with Gasteiger partial charge in [0, 0.05) is 38.1 Å². The second-order valence-electron chi connectivity index (χ2n) is 14.6. The van der Waals surface area contributed by atoms with Crippen molar-refractivity contribution in [1.29, 1.82) is 0 Å². The zero-order valence-electron chi connectivity index (χ0n) is 27.8. The van der Waals surface area contributed by atoms with Crippen LogP contribution >= 0.6 is 0 Å². The highest BCUT2D eigenvalue weighted by molar-refractivity contribution is 6.74. The lowest BCUT2D eigenvalue weighted by molar-refractivity contribution is -0.257. The third-order valence-electron chi connectivity index (χ3n) is 10.8. The third kappa shape index (κ3) is 4.00. The van der Waals surface area contributed by atoms with E-state index in [1.807, 2.05) is 12.2 Å². The monoisotopic (exact) mass is 665 g/mol. The number of methoxy groups -OCH3 is 1. The highest BCUT2D eigenvalue weighted by Gasteiger charge is 2.86. The molecule has 1 amide bonds. The van der Waals surface area contributed by atoms with Crippen molar-refractivity contribution in [3.05, 3.63) is 46.5 Å². The van der Waals surface area contributed by atoms with Gasteiger partial charge in [-0.2, -0.15) is 0 Å². The Morgan fingerprint density at radius 3 is 2.47 bits per heavy atom. The Hall–Kier alpha value is -3.62. The van der Waals surface area contributed by atoms with Crippen LogP contribution in [-0.2, 0) is 35.0 Å². The second-order valence-corrected chi connectivity index (χ2v) is 19.3. The maximum Gasteiger partial charge on any atom is 0.312 e. The number of phenols is 1. The molecule has 0 saturated carbocycles. The van der Waals surface area contributed by atoms with Crippen LogP contribution < -0.4 is 4.43 Å². The van der Waals surface area contributed by atoms with Crippen LogP contribution in [0, 0.1) is 0 Å². The average Bonchev–Trinajstić information content (AvgIpc) is 3.55. The summed E-state index contributed by atoms with van der Waals surface area (Å²) in [5.41, 5.74) is -4.35. The molecule has 1 N–H and O–H groups in total. The number of amides is 1. The standard InChI is InChI=1S/C34H39NO11Si/c1-17-10-9-11-23(43-17)45-32-16-42-33(41-6)14-22(36)44-34(32,33)29(39)26-19(28(32)38)12-18-13-21(46-47(7,8)31(2,3)4)25-20(24(18)27(26)37)15-35(5)30(25)40/h9-10,12-13,17,23,37H,11,14-16H2,1-8H3/t17-,23+,32+,33-,34-/m0/s1. The molecule has 250 valence electrons. The highest BCUT2D eigenvalue weighted by Crippen LogP contribution is 2.61. The molecule has 5 aliphatic rings. The zero-order valence-corrected chi connectivity index (χ0v) is 28.8. The number of carbonyl (C=O) groups excluding carboxylic acids is 4. The number of benzene rings is 2. The molecule has 2 aromatic rings. The van der Waals surface area contributed by atoms with E-state index < -0.39 is 67.9 Å². The number of phenolic OH excluding ortho intramolecular Hbond substituents is 1. The second kappa shape index (κ2) is 9.95. The summed E-state index contributed by atoms with van der Waals surface area (Å²) in [6.07, 6.45) is 2.12. The Labute approximate surface area is 273 Å². The van der Waals surface area contributed by atoms with E-state index in [2.05, 4.69) is 33.9 Å². The molecule has 5 atom stereocenters. The Morgan fingerprint density at radius 1 is 1.09 bits per heavy atom. The summed E-state index contributed by atoms with van der Waals surface area (Å²) in [5, 5.41) is 12.5. The van der Waals surface area contributed by atoms with Crippen molar-refractivity contribution in [2.75, 3.05) is 20.8 Å². The molecule has 4 heterocycles.